The van der Waals surface area contributed by atoms with Crippen LogP contribution in [0.2, 0.25) is 0 Å². The molecular weight excluding hydrogens is 450 g/mol. The molecule has 2 aliphatic heterocycles. The molecule has 3 aromatic rings. The van der Waals surface area contributed by atoms with Crippen molar-refractivity contribution in [1.82, 2.24) is 14.8 Å². The fourth-order valence-electron chi connectivity index (χ4n) is 8.90. The van der Waals surface area contributed by atoms with Crippen LogP contribution in [-0.2, 0) is 37.8 Å². The van der Waals surface area contributed by atoms with Gasteiger partial charge in [0, 0.05) is 36.8 Å². The number of amides is 1. The summed E-state index contributed by atoms with van der Waals surface area (Å²) in [6.45, 7) is 2.16. The lowest BCUT2D eigenvalue weighted by Gasteiger charge is -2.51. The average molecular weight is 480 g/mol. The molecule has 3 unspecified atom stereocenters. The van der Waals surface area contributed by atoms with Crippen LogP contribution in [0.5, 0.6) is 5.75 Å². The van der Waals surface area contributed by atoms with Crippen LogP contribution in [0.1, 0.15) is 43.9 Å². The molecule has 8 rings (SSSR count). The third-order valence-corrected chi connectivity index (χ3v) is 10.2. The predicted molar refractivity (Wildman–Crippen MR) is 135 cm³/mol. The van der Waals surface area contributed by atoms with E-state index in [-0.39, 0.29) is 22.4 Å². The highest BCUT2D eigenvalue weighted by atomic mass is 16.3. The zero-order valence-corrected chi connectivity index (χ0v) is 20.3. The number of hydrogen-bond acceptors (Lipinski definition) is 4. The normalized spacial score (nSPS) is 31.1. The molecule has 4 bridgehead atoms. The number of likely N-dealkylation sites (tertiary alicyclic amines) is 1. The quantitative estimate of drug-likeness (QED) is 0.563. The lowest BCUT2D eigenvalue weighted by Crippen LogP contribution is -2.54. The van der Waals surface area contributed by atoms with Crippen LogP contribution in [0.3, 0.4) is 0 Å². The number of H-pyrrole nitrogens is 1. The number of benzene rings is 2. The Balaban J connectivity index is 1.21. The van der Waals surface area contributed by atoms with Crippen LogP contribution in [0, 0.1) is 17.8 Å². The van der Waals surface area contributed by atoms with Crippen molar-refractivity contribution in [2.24, 2.45) is 17.8 Å². The summed E-state index contributed by atoms with van der Waals surface area (Å²) < 4.78 is 0. The van der Waals surface area contributed by atoms with E-state index in [1.165, 1.54) is 11.1 Å². The maximum atomic E-state index is 13.5. The Labute approximate surface area is 209 Å². The number of carbonyl (C=O) groups is 1. The molecule has 2 N–H and O–H groups in total. The monoisotopic (exact) mass is 479 g/mol. The smallest absolute Gasteiger partial charge is 0.261 e. The molecule has 2 fully saturated rings. The molecule has 5 aliphatic rings. The number of carbonyl (C=O) groups excluding carboxylic acids is 1. The molecule has 1 saturated carbocycles. The zero-order chi connectivity index (χ0) is 24.3. The van der Waals surface area contributed by atoms with Gasteiger partial charge >= 0.3 is 0 Å². The predicted octanol–water partition coefficient (Wildman–Crippen LogP) is 3.01. The van der Waals surface area contributed by atoms with Gasteiger partial charge in [-0.15, -0.1) is 0 Å². The summed E-state index contributed by atoms with van der Waals surface area (Å²) in [4.78, 5) is 34.3. The molecule has 36 heavy (non-hydrogen) atoms. The first-order chi connectivity index (χ1) is 17.4. The second kappa shape index (κ2) is 6.88. The summed E-state index contributed by atoms with van der Waals surface area (Å²) in [5.41, 5.74) is 6.94. The molecule has 3 aliphatic carbocycles. The topological polar surface area (TPSA) is 76.6 Å². The highest BCUT2D eigenvalue weighted by Crippen LogP contribution is 2.66. The van der Waals surface area contributed by atoms with E-state index in [0.717, 1.165) is 48.2 Å². The van der Waals surface area contributed by atoms with Gasteiger partial charge in [-0.3, -0.25) is 9.59 Å². The van der Waals surface area contributed by atoms with Gasteiger partial charge in [0.2, 0.25) is 0 Å². The first kappa shape index (κ1) is 20.8. The summed E-state index contributed by atoms with van der Waals surface area (Å²) in [6, 6.07) is 16.4. The summed E-state index contributed by atoms with van der Waals surface area (Å²) in [5, 5.41) is 10.4. The number of nitrogens with one attached hydrogen (secondary N) is 1. The molecule has 182 valence electrons. The van der Waals surface area contributed by atoms with Crippen molar-refractivity contribution in [3.8, 4) is 5.75 Å². The summed E-state index contributed by atoms with van der Waals surface area (Å²) in [5.74, 6) is 1.67. The van der Waals surface area contributed by atoms with Crippen LogP contribution in [0.4, 0.5) is 0 Å². The molecule has 1 amide bonds. The van der Waals surface area contributed by atoms with Gasteiger partial charge in [-0.25, -0.2) is 0 Å². The Hall–Kier alpha value is -3.38. The van der Waals surface area contributed by atoms with E-state index in [2.05, 4.69) is 35.1 Å². The minimum atomic E-state index is -0.284. The molecule has 1 aromatic heterocycles. The fraction of sp³-hybridized carbons (Fsp3) is 0.400. The second-order valence-electron chi connectivity index (χ2n) is 11.7. The van der Waals surface area contributed by atoms with E-state index in [0.29, 0.717) is 42.6 Å². The number of aromatic nitrogens is 1. The van der Waals surface area contributed by atoms with Gasteiger partial charge in [0.25, 0.3) is 11.5 Å². The average Bonchev–Trinajstić information content (AvgIpc) is 3.49. The van der Waals surface area contributed by atoms with Crippen LogP contribution < -0.4 is 5.56 Å². The number of phenolic OH excluding ortho intramolecular Hbond substituents is 1. The van der Waals surface area contributed by atoms with Crippen molar-refractivity contribution < 1.29 is 9.90 Å². The first-order valence-electron chi connectivity index (χ1n) is 13.1. The molecule has 2 aromatic carbocycles. The number of phenols is 1. The molecule has 1 spiro atoms. The number of hydrogen-bond donors (Lipinski definition) is 2. The maximum Gasteiger partial charge on any atom is 0.261 e. The van der Waals surface area contributed by atoms with Crippen molar-refractivity contribution in [3.63, 3.8) is 0 Å². The summed E-state index contributed by atoms with van der Waals surface area (Å²) >= 11 is 0. The van der Waals surface area contributed by atoms with E-state index in [4.69, 9.17) is 0 Å². The fourth-order valence-corrected chi connectivity index (χ4v) is 8.90. The molecule has 3 heterocycles. The van der Waals surface area contributed by atoms with Crippen molar-refractivity contribution in [1.29, 1.82) is 0 Å². The number of nitrogens with zero attached hydrogens (tertiary/aromatic N) is 2. The van der Waals surface area contributed by atoms with E-state index in [9.17, 15) is 14.7 Å². The number of pyridine rings is 1. The standard InChI is InChI=1S/C30H29N3O3/c1-32-15-25-21-8-16-6-7-20(34)11-23(16)30(25)12-26-19(10-24(30)27(21)32)9-22(28(35)31-26)29(36)33-13-17-4-2-3-5-18(17)14-33/h2-7,9,11,21,24-25,27,34H,8,10,12-15H2,1H3,(H,31,35)/t21?,24-,25?,27+,30?/m0/s1. The molecule has 6 heteroatoms. The first-order valence-corrected chi connectivity index (χ1v) is 13.1. The van der Waals surface area contributed by atoms with Gasteiger partial charge < -0.3 is 19.9 Å². The van der Waals surface area contributed by atoms with Gasteiger partial charge in [0.1, 0.15) is 11.3 Å². The van der Waals surface area contributed by atoms with Gasteiger partial charge in [-0.05, 0) is 90.1 Å². The zero-order valence-electron chi connectivity index (χ0n) is 20.3. The van der Waals surface area contributed by atoms with Crippen LogP contribution in [-0.4, -0.2) is 45.4 Å². The van der Waals surface area contributed by atoms with E-state index < -0.39 is 0 Å². The maximum absolute atomic E-state index is 13.5. The van der Waals surface area contributed by atoms with E-state index in [1.807, 2.05) is 30.3 Å². The van der Waals surface area contributed by atoms with E-state index >= 15 is 0 Å². The minimum absolute atomic E-state index is 0.0633. The van der Waals surface area contributed by atoms with Crippen molar-refractivity contribution in [2.75, 3.05) is 13.6 Å². The highest BCUT2D eigenvalue weighted by molar-refractivity contribution is 5.94. The van der Waals surface area contributed by atoms with E-state index in [1.54, 1.807) is 4.90 Å². The number of aromatic amines is 1. The summed E-state index contributed by atoms with van der Waals surface area (Å²) in [6.07, 6.45) is 2.68. The second-order valence-corrected chi connectivity index (χ2v) is 11.7. The van der Waals surface area contributed by atoms with Crippen molar-refractivity contribution in [2.45, 2.75) is 43.8 Å². The number of aromatic hydroxyl groups is 1. The lowest BCUT2D eigenvalue weighted by molar-refractivity contribution is 0.0747. The van der Waals surface area contributed by atoms with Crippen molar-refractivity contribution >= 4 is 5.91 Å². The SMILES string of the molecule is CN1CC2C3Cc4ccc(O)cc4C24Cc2[nH]c(=O)c(C(=O)N5Cc6ccccc6C5)cc2C[C@H]4[C@@H]31. The van der Waals surface area contributed by atoms with Gasteiger partial charge in [0.05, 0.1) is 0 Å². The third-order valence-electron chi connectivity index (χ3n) is 10.2. The van der Waals surface area contributed by atoms with Gasteiger partial charge in [0.15, 0.2) is 0 Å². The van der Waals surface area contributed by atoms with Gasteiger partial charge in [-0.2, -0.15) is 0 Å². The Morgan fingerprint density at radius 2 is 1.78 bits per heavy atom. The van der Waals surface area contributed by atoms with Crippen LogP contribution in [0.15, 0.2) is 53.3 Å². The summed E-state index contributed by atoms with van der Waals surface area (Å²) in [7, 11) is 2.25. The lowest BCUT2D eigenvalue weighted by atomic mass is 9.55. The Kier molecular flexibility index (Phi) is 3.97. The number of rotatable bonds is 1. The minimum Gasteiger partial charge on any atom is -0.508 e. The third kappa shape index (κ3) is 2.50. The highest BCUT2D eigenvalue weighted by Gasteiger charge is 2.68. The number of fused-ring (bicyclic) bond motifs is 4. The Bertz CT molecular complexity index is 1500. The van der Waals surface area contributed by atoms with Gasteiger partial charge in [-0.1, -0.05) is 30.3 Å². The number of piperidine rings is 1. The van der Waals surface area contributed by atoms with Crippen LogP contribution >= 0.6 is 0 Å². The Morgan fingerprint density at radius 1 is 1.00 bits per heavy atom. The largest absolute Gasteiger partial charge is 0.508 e. The molecule has 0 radical (unpaired) electrons. The Morgan fingerprint density at radius 3 is 2.56 bits per heavy atom. The molecular formula is C30H29N3O3. The molecule has 5 atom stereocenters. The molecule has 6 nitrogen and oxygen atoms in total. The molecule has 1 saturated heterocycles. The van der Waals surface area contributed by atoms with Crippen LogP contribution in [0.25, 0.3) is 0 Å². The van der Waals surface area contributed by atoms with Crippen molar-refractivity contribution in [3.05, 3.63) is 98.0 Å².